The Bertz CT molecular complexity index is 284. The molecule has 0 amide bonds. The number of halogens is 1. The van der Waals surface area contributed by atoms with Crippen molar-refractivity contribution < 1.29 is 14.2 Å². The van der Waals surface area contributed by atoms with Crippen LogP contribution in [0.15, 0.2) is 18.2 Å². The molecule has 1 unspecified atom stereocenters. The molecule has 0 heterocycles. The number of alkyl halides is 1. The third kappa shape index (κ3) is 1.98. The third-order valence-corrected chi connectivity index (χ3v) is 1.97. The lowest BCUT2D eigenvalue weighted by Gasteiger charge is -2.12. The number of methoxy groups -OCH3 is 1. The molecule has 0 aliphatic rings. The number of aliphatic hydroxyl groups is 1. The lowest BCUT2D eigenvalue weighted by atomic mass is 10.0. The van der Waals surface area contributed by atoms with Crippen LogP contribution in [0.25, 0.3) is 0 Å². The largest absolute Gasteiger partial charge is 0.496 e. The molecule has 0 bridgehead atoms. The summed E-state index contributed by atoms with van der Waals surface area (Å²) >= 11 is 0. The summed E-state index contributed by atoms with van der Waals surface area (Å²) < 4.78 is 17.6. The van der Waals surface area contributed by atoms with Crippen LogP contribution in [0, 0.1) is 0 Å². The number of benzene rings is 1. The molecule has 1 rings (SSSR count). The highest BCUT2D eigenvalue weighted by molar-refractivity contribution is 5.40. The van der Waals surface area contributed by atoms with E-state index in [2.05, 4.69) is 0 Å². The zero-order chi connectivity index (χ0) is 9.84. The Labute approximate surface area is 77.0 Å². The number of rotatable bonds is 3. The van der Waals surface area contributed by atoms with E-state index in [1.165, 1.54) is 7.11 Å². The molecule has 0 aliphatic heterocycles. The van der Waals surface area contributed by atoms with E-state index < -0.39 is 12.8 Å². The van der Waals surface area contributed by atoms with Crippen molar-refractivity contribution in [1.82, 2.24) is 0 Å². The van der Waals surface area contributed by atoms with Crippen LogP contribution in [-0.4, -0.2) is 12.2 Å². The van der Waals surface area contributed by atoms with Crippen molar-refractivity contribution >= 4 is 0 Å². The highest BCUT2D eigenvalue weighted by atomic mass is 19.1. The molecule has 1 N–H and O–H groups in total. The van der Waals surface area contributed by atoms with Crippen molar-refractivity contribution in [2.75, 3.05) is 7.11 Å². The maximum Gasteiger partial charge on any atom is 0.125 e. The summed E-state index contributed by atoms with van der Waals surface area (Å²) in [6, 6.07) is 5.11. The molecule has 3 heteroatoms. The Morgan fingerprint density at radius 1 is 1.54 bits per heavy atom. The van der Waals surface area contributed by atoms with Gasteiger partial charge in [0.15, 0.2) is 0 Å². The summed E-state index contributed by atoms with van der Waals surface area (Å²) in [6.07, 6.45) is -0.666. The minimum absolute atomic E-state index is 0.431. The molecule has 1 aromatic carbocycles. The van der Waals surface area contributed by atoms with Crippen molar-refractivity contribution in [3.63, 3.8) is 0 Å². The number of aliphatic hydroxyl groups excluding tert-OH is 1. The van der Waals surface area contributed by atoms with Gasteiger partial charge in [-0.05, 0) is 18.6 Å². The van der Waals surface area contributed by atoms with Gasteiger partial charge in [0.2, 0.25) is 0 Å². The van der Waals surface area contributed by atoms with Crippen LogP contribution in [0.1, 0.15) is 24.2 Å². The van der Waals surface area contributed by atoms with Crippen LogP contribution in [0.3, 0.4) is 0 Å². The van der Waals surface area contributed by atoms with Gasteiger partial charge in [0, 0.05) is 5.56 Å². The van der Waals surface area contributed by atoms with Crippen molar-refractivity contribution in [2.24, 2.45) is 0 Å². The fourth-order valence-electron chi connectivity index (χ4n) is 1.31. The standard InChI is InChI=1S/C10H13FO2/c1-7(12)8-4-3-5-10(13-2)9(8)6-11/h3-5,7,12H,6H2,1-2H3. The molecule has 0 saturated carbocycles. The Balaban J connectivity index is 3.19. The molecule has 0 saturated heterocycles. The van der Waals surface area contributed by atoms with Gasteiger partial charge < -0.3 is 9.84 Å². The predicted molar refractivity (Wildman–Crippen MR) is 48.4 cm³/mol. The first-order valence-corrected chi connectivity index (χ1v) is 4.10. The van der Waals surface area contributed by atoms with E-state index in [4.69, 9.17) is 4.74 Å². The van der Waals surface area contributed by atoms with E-state index in [1.54, 1.807) is 25.1 Å². The van der Waals surface area contributed by atoms with Gasteiger partial charge in [-0.25, -0.2) is 4.39 Å². The van der Waals surface area contributed by atoms with Crippen molar-refractivity contribution in [3.05, 3.63) is 29.3 Å². The molecular weight excluding hydrogens is 171 g/mol. The topological polar surface area (TPSA) is 29.5 Å². The van der Waals surface area contributed by atoms with Gasteiger partial charge >= 0.3 is 0 Å². The van der Waals surface area contributed by atoms with Crippen LogP contribution >= 0.6 is 0 Å². The van der Waals surface area contributed by atoms with Crippen LogP contribution in [0.2, 0.25) is 0 Å². The first-order valence-electron chi connectivity index (χ1n) is 4.10. The Hall–Kier alpha value is -1.09. The van der Waals surface area contributed by atoms with Crippen LogP contribution in [0.4, 0.5) is 4.39 Å². The molecular formula is C10H13FO2. The van der Waals surface area contributed by atoms with Crippen molar-refractivity contribution in [3.8, 4) is 5.75 Å². The summed E-state index contributed by atoms with van der Waals surface area (Å²) in [4.78, 5) is 0. The molecule has 0 fully saturated rings. The molecule has 0 aromatic heterocycles. The number of ether oxygens (including phenoxy) is 1. The third-order valence-electron chi connectivity index (χ3n) is 1.97. The van der Waals surface area contributed by atoms with Crippen LogP contribution in [-0.2, 0) is 6.67 Å². The van der Waals surface area contributed by atoms with Crippen molar-refractivity contribution in [2.45, 2.75) is 19.7 Å². The summed E-state index contributed by atoms with van der Waals surface area (Å²) in [6.45, 7) is 0.984. The van der Waals surface area contributed by atoms with Crippen LogP contribution < -0.4 is 4.74 Å². The summed E-state index contributed by atoms with van der Waals surface area (Å²) in [5.74, 6) is 0.487. The Morgan fingerprint density at radius 3 is 2.69 bits per heavy atom. The van der Waals surface area contributed by atoms with Gasteiger partial charge in [-0.2, -0.15) is 0 Å². The molecule has 2 nitrogen and oxygen atoms in total. The minimum Gasteiger partial charge on any atom is -0.496 e. The summed E-state index contributed by atoms with van der Waals surface area (Å²) in [5.41, 5.74) is 1.02. The lowest BCUT2D eigenvalue weighted by molar-refractivity contribution is 0.196. The molecule has 1 aromatic rings. The van der Waals surface area contributed by atoms with E-state index in [0.717, 1.165) is 0 Å². The molecule has 13 heavy (non-hydrogen) atoms. The monoisotopic (exact) mass is 184 g/mol. The van der Waals surface area contributed by atoms with Gasteiger partial charge in [0.05, 0.1) is 13.2 Å². The maximum absolute atomic E-state index is 12.6. The average molecular weight is 184 g/mol. The van der Waals surface area contributed by atoms with Gasteiger partial charge in [-0.15, -0.1) is 0 Å². The Kier molecular flexibility index (Phi) is 3.25. The first kappa shape index (κ1) is 9.99. The van der Waals surface area contributed by atoms with E-state index >= 15 is 0 Å². The SMILES string of the molecule is COc1cccc(C(C)O)c1CF. The second kappa shape index (κ2) is 4.23. The lowest BCUT2D eigenvalue weighted by Crippen LogP contribution is -1.99. The predicted octanol–water partition coefficient (Wildman–Crippen LogP) is 2.22. The highest BCUT2D eigenvalue weighted by Crippen LogP contribution is 2.27. The molecule has 72 valence electrons. The maximum atomic E-state index is 12.6. The van der Waals surface area contributed by atoms with E-state index in [-0.39, 0.29) is 0 Å². The molecule has 0 radical (unpaired) electrons. The second-order valence-corrected chi connectivity index (χ2v) is 2.84. The Morgan fingerprint density at radius 2 is 2.23 bits per heavy atom. The minimum atomic E-state index is -0.666. The summed E-state index contributed by atoms with van der Waals surface area (Å²) in [5, 5.41) is 9.33. The van der Waals surface area contributed by atoms with Crippen LogP contribution in [0.5, 0.6) is 5.75 Å². The van der Waals surface area contributed by atoms with Gasteiger partial charge in [0.25, 0.3) is 0 Å². The zero-order valence-electron chi connectivity index (χ0n) is 7.75. The quantitative estimate of drug-likeness (QED) is 0.780. The highest BCUT2D eigenvalue weighted by Gasteiger charge is 2.11. The first-order chi connectivity index (χ1) is 6.20. The summed E-state index contributed by atoms with van der Waals surface area (Å²) in [7, 11) is 1.49. The van der Waals surface area contributed by atoms with Gasteiger partial charge in [-0.3, -0.25) is 0 Å². The van der Waals surface area contributed by atoms with Gasteiger partial charge in [-0.1, -0.05) is 12.1 Å². The molecule has 0 aliphatic carbocycles. The average Bonchev–Trinajstić information content (AvgIpc) is 2.16. The van der Waals surface area contributed by atoms with E-state index in [0.29, 0.717) is 16.9 Å². The molecule has 0 spiro atoms. The van der Waals surface area contributed by atoms with E-state index in [1.807, 2.05) is 0 Å². The zero-order valence-corrected chi connectivity index (χ0v) is 7.75. The second-order valence-electron chi connectivity index (χ2n) is 2.84. The smallest absolute Gasteiger partial charge is 0.125 e. The fourth-order valence-corrected chi connectivity index (χ4v) is 1.31. The number of hydrogen-bond donors (Lipinski definition) is 1. The number of hydrogen-bond acceptors (Lipinski definition) is 2. The molecule has 1 atom stereocenters. The normalized spacial score (nSPS) is 12.6. The fraction of sp³-hybridized carbons (Fsp3) is 0.400. The van der Waals surface area contributed by atoms with Crippen molar-refractivity contribution in [1.29, 1.82) is 0 Å². The van der Waals surface area contributed by atoms with Gasteiger partial charge in [0.1, 0.15) is 12.4 Å². The van der Waals surface area contributed by atoms with E-state index in [9.17, 15) is 9.50 Å².